The SMILES string of the molecule is Cc1ccc(N(CC(=O)Nc2ccc(S(=O)(=O)N(C)C(C)C)cc2)C(C)C)cc1. The van der Waals surface area contributed by atoms with Gasteiger partial charge >= 0.3 is 0 Å². The number of hydrogen-bond donors (Lipinski definition) is 1. The largest absolute Gasteiger partial charge is 0.360 e. The topological polar surface area (TPSA) is 69.7 Å². The quantitative estimate of drug-likeness (QED) is 0.708. The van der Waals surface area contributed by atoms with E-state index in [1.807, 2.05) is 63.8 Å². The number of benzene rings is 2. The maximum atomic E-state index is 12.6. The fourth-order valence-corrected chi connectivity index (χ4v) is 4.19. The average molecular weight is 418 g/mol. The summed E-state index contributed by atoms with van der Waals surface area (Å²) in [5, 5.41) is 2.85. The van der Waals surface area contributed by atoms with Crippen LogP contribution in [-0.2, 0) is 14.8 Å². The molecule has 2 aromatic carbocycles. The second kappa shape index (κ2) is 9.41. The van der Waals surface area contributed by atoms with Crippen LogP contribution in [-0.4, -0.2) is 44.3 Å². The molecule has 0 fully saturated rings. The molecule has 0 radical (unpaired) electrons. The molecular formula is C22H31N3O3S. The zero-order chi connectivity index (χ0) is 21.8. The van der Waals surface area contributed by atoms with Gasteiger partial charge < -0.3 is 10.2 Å². The van der Waals surface area contributed by atoms with Crippen molar-refractivity contribution in [3.05, 3.63) is 54.1 Å². The highest BCUT2D eigenvalue weighted by molar-refractivity contribution is 7.89. The molecule has 0 aliphatic rings. The third kappa shape index (κ3) is 5.81. The van der Waals surface area contributed by atoms with Gasteiger partial charge in [0.05, 0.1) is 11.4 Å². The molecule has 0 spiro atoms. The molecule has 0 saturated heterocycles. The lowest BCUT2D eigenvalue weighted by atomic mass is 10.2. The van der Waals surface area contributed by atoms with Crippen LogP contribution < -0.4 is 10.2 Å². The number of amides is 1. The molecule has 29 heavy (non-hydrogen) atoms. The van der Waals surface area contributed by atoms with Crippen molar-refractivity contribution < 1.29 is 13.2 Å². The minimum atomic E-state index is -3.54. The molecule has 0 bridgehead atoms. The molecule has 0 heterocycles. The predicted octanol–water partition coefficient (Wildman–Crippen LogP) is 3.88. The van der Waals surface area contributed by atoms with E-state index in [9.17, 15) is 13.2 Å². The molecule has 1 amide bonds. The van der Waals surface area contributed by atoms with Gasteiger partial charge in [0, 0.05) is 30.5 Å². The van der Waals surface area contributed by atoms with Crippen LogP contribution in [0.25, 0.3) is 0 Å². The van der Waals surface area contributed by atoms with Crippen LogP contribution in [0.3, 0.4) is 0 Å². The van der Waals surface area contributed by atoms with E-state index in [0.29, 0.717) is 5.69 Å². The molecule has 0 saturated carbocycles. The van der Waals surface area contributed by atoms with Crippen molar-refractivity contribution in [2.45, 2.75) is 51.6 Å². The van der Waals surface area contributed by atoms with Crippen molar-refractivity contribution >= 4 is 27.3 Å². The van der Waals surface area contributed by atoms with Gasteiger partial charge in [-0.05, 0) is 71.0 Å². The minimum absolute atomic E-state index is 0.136. The van der Waals surface area contributed by atoms with E-state index >= 15 is 0 Å². The molecule has 1 N–H and O–H groups in total. The number of aryl methyl sites for hydroxylation is 1. The van der Waals surface area contributed by atoms with Crippen LogP contribution in [0, 0.1) is 6.92 Å². The van der Waals surface area contributed by atoms with E-state index in [1.165, 1.54) is 22.0 Å². The number of nitrogens with one attached hydrogen (secondary N) is 1. The fourth-order valence-electron chi connectivity index (χ4n) is 2.82. The molecule has 2 rings (SSSR count). The monoisotopic (exact) mass is 417 g/mol. The molecule has 2 aromatic rings. The Hall–Kier alpha value is -2.38. The van der Waals surface area contributed by atoms with Crippen molar-refractivity contribution in [3.8, 4) is 0 Å². The van der Waals surface area contributed by atoms with E-state index < -0.39 is 10.0 Å². The van der Waals surface area contributed by atoms with Crippen LogP contribution in [0.2, 0.25) is 0 Å². The molecule has 0 unspecified atom stereocenters. The van der Waals surface area contributed by atoms with Gasteiger partial charge in [0.2, 0.25) is 15.9 Å². The smallest absolute Gasteiger partial charge is 0.243 e. The Morgan fingerprint density at radius 3 is 1.97 bits per heavy atom. The van der Waals surface area contributed by atoms with E-state index in [4.69, 9.17) is 0 Å². The summed E-state index contributed by atoms with van der Waals surface area (Å²) in [5.74, 6) is -0.158. The van der Waals surface area contributed by atoms with Gasteiger partial charge in [-0.3, -0.25) is 4.79 Å². The van der Waals surface area contributed by atoms with Gasteiger partial charge in [-0.2, -0.15) is 4.31 Å². The summed E-state index contributed by atoms with van der Waals surface area (Å²) in [4.78, 5) is 14.8. The average Bonchev–Trinajstić information content (AvgIpc) is 2.66. The first kappa shape index (κ1) is 22.9. The van der Waals surface area contributed by atoms with Gasteiger partial charge in [-0.15, -0.1) is 0 Å². The highest BCUT2D eigenvalue weighted by Crippen LogP contribution is 2.20. The molecule has 0 aliphatic carbocycles. The van der Waals surface area contributed by atoms with Gasteiger partial charge in [-0.1, -0.05) is 17.7 Å². The van der Waals surface area contributed by atoms with Gasteiger partial charge in [0.15, 0.2) is 0 Å². The van der Waals surface area contributed by atoms with Gasteiger partial charge in [0.1, 0.15) is 0 Å². The summed E-state index contributed by atoms with van der Waals surface area (Å²) in [6.45, 7) is 9.95. The fraction of sp³-hybridized carbons (Fsp3) is 0.409. The van der Waals surface area contributed by atoms with E-state index in [2.05, 4.69) is 5.32 Å². The zero-order valence-electron chi connectivity index (χ0n) is 18.0. The summed E-state index contributed by atoms with van der Waals surface area (Å²) >= 11 is 0. The van der Waals surface area contributed by atoms with E-state index in [1.54, 1.807) is 19.2 Å². The summed E-state index contributed by atoms with van der Waals surface area (Å²) in [5.41, 5.74) is 2.72. The number of carbonyl (C=O) groups is 1. The third-order valence-electron chi connectivity index (χ3n) is 4.85. The Morgan fingerprint density at radius 2 is 1.48 bits per heavy atom. The van der Waals surface area contributed by atoms with Crippen LogP contribution in [0.1, 0.15) is 33.3 Å². The van der Waals surface area contributed by atoms with Crippen LogP contribution in [0.5, 0.6) is 0 Å². The molecule has 0 atom stereocenters. The number of nitrogens with zero attached hydrogens (tertiary/aromatic N) is 2. The Kier molecular flexibility index (Phi) is 7.43. The number of anilines is 2. The normalized spacial score (nSPS) is 11.9. The van der Waals surface area contributed by atoms with Gasteiger partial charge in [-0.25, -0.2) is 8.42 Å². The summed E-state index contributed by atoms with van der Waals surface area (Å²) < 4.78 is 26.4. The zero-order valence-corrected chi connectivity index (χ0v) is 18.8. The molecule has 0 aliphatic heterocycles. The number of carbonyl (C=O) groups excluding carboxylic acids is 1. The van der Waals surface area contributed by atoms with Crippen molar-refractivity contribution in [1.82, 2.24) is 4.31 Å². The first-order valence-electron chi connectivity index (χ1n) is 9.73. The lowest BCUT2D eigenvalue weighted by Gasteiger charge is -2.28. The van der Waals surface area contributed by atoms with Crippen molar-refractivity contribution in [1.29, 1.82) is 0 Å². The molecule has 0 aromatic heterocycles. The third-order valence-corrected chi connectivity index (χ3v) is 6.89. The maximum absolute atomic E-state index is 12.6. The van der Waals surface area contributed by atoms with Crippen molar-refractivity contribution in [2.24, 2.45) is 0 Å². The lowest BCUT2D eigenvalue weighted by Crippen LogP contribution is -2.38. The standard InChI is InChI=1S/C22H31N3O3S/c1-16(2)24(6)29(27,28)21-13-9-19(10-14-21)23-22(26)15-25(17(3)4)20-11-7-18(5)8-12-20/h7-14,16-17H,15H2,1-6H3,(H,23,26). The highest BCUT2D eigenvalue weighted by Gasteiger charge is 2.23. The minimum Gasteiger partial charge on any atom is -0.360 e. The number of sulfonamides is 1. The Balaban J connectivity index is 2.09. The Labute approximate surface area is 174 Å². The van der Waals surface area contributed by atoms with E-state index in [-0.39, 0.29) is 29.4 Å². The van der Waals surface area contributed by atoms with Crippen molar-refractivity contribution in [3.63, 3.8) is 0 Å². The molecule has 158 valence electrons. The summed E-state index contributed by atoms with van der Waals surface area (Å²) in [6.07, 6.45) is 0. The second-order valence-corrected chi connectivity index (χ2v) is 9.74. The van der Waals surface area contributed by atoms with Crippen LogP contribution >= 0.6 is 0 Å². The number of hydrogen-bond acceptors (Lipinski definition) is 4. The van der Waals surface area contributed by atoms with Crippen LogP contribution in [0.4, 0.5) is 11.4 Å². The number of rotatable bonds is 8. The Morgan fingerprint density at radius 1 is 0.931 bits per heavy atom. The van der Waals surface area contributed by atoms with Crippen LogP contribution in [0.15, 0.2) is 53.4 Å². The summed E-state index contributed by atoms with van der Waals surface area (Å²) in [6, 6.07) is 14.3. The molecule has 7 heteroatoms. The highest BCUT2D eigenvalue weighted by atomic mass is 32.2. The first-order chi connectivity index (χ1) is 13.5. The second-order valence-electron chi connectivity index (χ2n) is 7.74. The molecular weight excluding hydrogens is 386 g/mol. The molecule has 6 nitrogen and oxygen atoms in total. The van der Waals surface area contributed by atoms with Gasteiger partial charge in [0.25, 0.3) is 0 Å². The first-order valence-corrected chi connectivity index (χ1v) is 11.2. The maximum Gasteiger partial charge on any atom is 0.243 e. The summed E-state index contributed by atoms with van der Waals surface area (Å²) in [7, 11) is -1.98. The van der Waals surface area contributed by atoms with E-state index in [0.717, 1.165) is 5.69 Å². The Bertz CT molecular complexity index is 921. The van der Waals surface area contributed by atoms with Crippen molar-refractivity contribution in [2.75, 3.05) is 23.8 Å². The predicted molar refractivity (Wildman–Crippen MR) is 119 cm³/mol. The lowest BCUT2D eigenvalue weighted by molar-refractivity contribution is -0.115.